The molecule has 4 nitrogen and oxygen atoms in total. The van der Waals surface area contributed by atoms with E-state index in [0.29, 0.717) is 11.6 Å². The van der Waals surface area contributed by atoms with Crippen molar-refractivity contribution in [3.8, 4) is 0 Å². The van der Waals surface area contributed by atoms with Gasteiger partial charge in [-0.15, -0.1) is 0 Å². The number of nitrogens with two attached hydrogens (primary N) is 1. The Morgan fingerprint density at radius 3 is 2.27 bits per heavy atom. The van der Waals surface area contributed by atoms with Gasteiger partial charge in [0, 0.05) is 11.6 Å². The number of carbonyl (C=O) groups is 1. The highest BCUT2D eigenvalue weighted by Gasteiger charge is 2.47. The lowest BCUT2D eigenvalue weighted by atomic mass is 9.51. The number of hydrogen-bond acceptors (Lipinski definition) is 2. The number of aromatic amines is 1. The Balaban J connectivity index is 1.30. The maximum Gasteiger partial charge on any atom is 0.269 e. The summed E-state index contributed by atoms with van der Waals surface area (Å²) in [7, 11) is 0. The van der Waals surface area contributed by atoms with Crippen LogP contribution in [0, 0.1) is 29.6 Å². The minimum absolute atomic E-state index is 0.358. The molecular weight excluding hydrogens is 322 g/mol. The molecule has 1 amide bonds. The summed E-state index contributed by atoms with van der Waals surface area (Å²) in [5.41, 5.74) is 7.20. The number of imidazole rings is 1. The predicted octanol–water partition coefficient (Wildman–Crippen LogP) is 4.56. The molecule has 0 aliphatic heterocycles. The van der Waals surface area contributed by atoms with Crippen LogP contribution in [0.2, 0.25) is 0 Å². The molecule has 0 atom stereocenters. The third-order valence-corrected chi connectivity index (χ3v) is 8.17. The highest BCUT2D eigenvalue weighted by atomic mass is 16.1. The molecule has 0 radical (unpaired) electrons. The zero-order valence-electron chi connectivity index (χ0n) is 15.9. The normalized spacial score (nSPS) is 36.5. The van der Waals surface area contributed by atoms with Crippen LogP contribution in [0.1, 0.15) is 98.6 Å². The molecule has 4 bridgehead atoms. The number of primary amides is 1. The van der Waals surface area contributed by atoms with Gasteiger partial charge in [0.25, 0.3) is 5.91 Å². The molecule has 0 unspecified atom stereocenters. The summed E-state index contributed by atoms with van der Waals surface area (Å²) >= 11 is 0. The van der Waals surface area contributed by atoms with Gasteiger partial charge in [0.15, 0.2) is 0 Å². The molecule has 1 aromatic rings. The van der Waals surface area contributed by atoms with Gasteiger partial charge in [0.05, 0.1) is 0 Å². The summed E-state index contributed by atoms with van der Waals surface area (Å²) < 4.78 is 0. The van der Waals surface area contributed by atoms with Gasteiger partial charge < -0.3 is 10.7 Å². The van der Waals surface area contributed by atoms with E-state index in [0.717, 1.165) is 47.5 Å². The summed E-state index contributed by atoms with van der Waals surface area (Å²) in [6, 6.07) is 0. The standard InChI is InChI=1S/C22H33N3O/c23-21(26)20-19(24-22(25-20)15-4-2-1-3-5-15)7-6-18-16-9-13-8-14(11-16)12-17(18)10-13/h13-18H,1-12H2,(H2,23,26)(H,24,25). The highest BCUT2D eigenvalue weighted by Crippen LogP contribution is 2.57. The number of aryl methyl sites for hydroxylation is 1. The smallest absolute Gasteiger partial charge is 0.269 e. The Bertz CT molecular complexity index is 645. The predicted molar refractivity (Wildman–Crippen MR) is 102 cm³/mol. The number of nitrogens with zero attached hydrogens (tertiary/aromatic N) is 1. The molecule has 1 heterocycles. The van der Waals surface area contributed by atoms with E-state index in [1.165, 1.54) is 70.6 Å². The number of amides is 1. The molecule has 3 N–H and O–H groups in total. The third kappa shape index (κ3) is 2.99. The first-order valence-corrected chi connectivity index (χ1v) is 11.1. The lowest BCUT2D eigenvalue weighted by molar-refractivity contribution is -0.0395. The van der Waals surface area contributed by atoms with E-state index in [4.69, 9.17) is 5.73 Å². The van der Waals surface area contributed by atoms with Crippen LogP contribution in [-0.2, 0) is 6.42 Å². The van der Waals surface area contributed by atoms with Crippen LogP contribution >= 0.6 is 0 Å². The second-order valence-corrected chi connectivity index (χ2v) is 9.78. The van der Waals surface area contributed by atoms with Crippen molar-refractivity contribution in [3.05, 3.63) is 17.2 Å². The lowest BCUT2D eigenvalue weighted by Crippen LogP contribution is -2.45. The van der Waals surface area contributed by atoms with Gasteiger partial charge in [-0.2, -0.15) is 0 Å². The van der Waals surface area contributed by atoms with Gasteiger partial charge in [-0.25, -0.2) is 4.98 Å². The van der Waals surface area contributed by atoms with Crippen molar-refractivity contribution in [2.75, 3.05) is 0 Å². The van der Waals surface area contributed by atoms with Gasteiger partial charge in [-0.1, -0.05) is 19.3 Å². The number of carbonyl (C=O) groups excluding carboxylic acids is 1. The average molecular weight is 356 g/mol. The Kier molecular flexibility index (Phi) is 4.33. The van der Waals surface area contributed by atoms with Crippen LogP contribution in [0.4, 0.5) is 0 Å². The largest absolute Gasteiger partial charge is 0.364 e. The molecule has 5 aliphatic carbocycles. The Morgan fingerprint density at radius 2 is 1.65 bits per heavy atom. The monoisotopic (exact) mass is 355 g/mol. The Morgan fingerprint density at radius 1 is 1.00 bits per heavy atom. The molecule has 6 rings (SSSR count). The number of nitrogens with one attached hydrogen (secondary N) is 1. The van der Waals surface area contributed by atoms with Gasteiger partial charge in [0.2, 0.25) is 0 Å². The molecule has 0 saturated heterocycles. The Hall–Kier alpha value is -1.32. The van der Waals surface area contributed by atoms with Crippen LogP contribution in [0.5, 0.6) is 0 Å². The quantitative estimate of drug-likeness (QED) is 0.812. The molecular formula is C22H33N3O. The van der Waals surface area contributed by atoms with E-state index in [1.54, 1.807) is 0 Å². The van der Waals surface area contributed by atoms with E-state index < -0.39 is 0 Å². The lowest BCUT2D eigenvalue weighted by Gasteiger charge is -2.54. The summed E-state index contributed by atoms with van der Waals surface area (Å²) in [5.74, 6) is 5.98. The van der Waals surface area contributed by atoms with Gasteiger partial charge in [-0.3, -0.25) is 4.79 Å². The second-order valence-electron chi connectivity index (χ2n) is 9.78. The fourth-order valence-electron chi connectivity index (χ4n) is 7.20. The zero-order chi connectivity index (χ0) is 17.7. The minimum atomic E-state index is -0.358. The van der Waals surface area contributed by atoms with Crippen molar-refractivity contribution < 1.29 is 4.79 Å². The van der Waals surface area contributed by atoms with Crippen LogP contribution in [0.3, 0.4) is 0 Å². The van der Waals surface area contributed by atoms with Crippen molar-refractivity contribution >= 4 is 5.91 Å². The van der Waals surface area contributed by atoms with Crippen molar-refractivity contribution in [2.24, 2.45) is 35.3 Å². The highest BCUT2D eigenvalue weighted by molar-refractivity contribution is 5.92. The van der Waals surface area contributed by atoms with E-state index in [2.05, 4.69) is 9.97 Å². The molecule has 5 aliphatic rings. The first-order chi connectivity index (χ1) is 12.7. The topological polar surface area (TPSA) is 71.8 Å². The number of rotatable bonds is 5. The maximum atomic E-state index is 12.0. The van der Waals surface area contributed by atoms with Crippen LogP contribution < -0.4 is 5.73 Å². The van der Waals surface area contributed by atoms with E-state index >= 15 is 0 Å². The molecule has 4 heteroatoms. The summed E-state index contributed by atoms with van der Waals surface area (Å²) in [5, 5.41) is 0. The van der Waals surface area contributed by atoms with E-state index in [1.807, 2.05) is 0 Å². The van der Waals surface area contributed by atoms with E-state index in [-0.39, 0.29) is 5.91 Å². The van der Waals surface area contributed by atoms with Crippen molar-refractivity contribution in [3.63, 3.8) is 0 Å². The number of aromatic nitrogens is 2. The first-order valence-electron chi connectivity index (χ1n) is 11.1. The number of hydrogen-bond donors (Lipinski definition) is 2. The van der Waals surface area contributed by atoms with Gasteiger partial charge in [-0.05, 0) is 87.4 Å². The van der Waals surface area contributed by atoms with Crippen molar-refractivity contribution in [2.45, 2.75) is 83.0 Å². The Labute approximate surface area is 156 Å². The fourth-order valence-corrected chi connectivity index (χ4v) is 7.20. The summed E-state index contributed by atoms with van der Waals surface area (Å²) in [6.45, 7) is 0. The van der Waals surface area contributed by atoms with Gasteiger partial charge in [0.1, 0.15) is 11.5 Å². The second kappa shape index (κ2) is 6.69. The minimum Gasteiger partial charge on any atom is -0.364 e. The van der Waals surface area contributed by atoms with Crippen molar-refractivity contribution in [1.29, 1.82) is 0 Å². The van der Waals surface area contributed by atoms with Gasteiger partial charge >= 0.3 is 0 Å². The van der Waals surface area contributed by atoms with Crippen LogP contribution in [0.25, 0.3) is 0 Å². The molecule has 5 fully saturated rings. The zero-order valence-corrected chi connectivity index (χ0v) is 15.9. The molecule has 0 spiro atoms. The fraction of sp³-hybridized carbons (Fsp3) is 0.818. The third-order valence-electron chi connectivity index (χ3n) is 8.17. The SMILES string of the molecule is NC(=O)c1nc(C2CCCCC2)[nH]c1CCC1C2CC3CC(C2)CC1C3. The molecule has 5 saturated carbocycles. The first kappa shape index (κ1) is 16.8. The van der Waals surface area contributed by atoms with Crippen LogP contribution in [-0.4, -0.2) is 15.9 Å². The maximum absolute atomic E-state index is 12.0. The average Bonchev–Trinajstić information content (AvgIpc) is 3.06. The molecule has 0 aromatic carbocycles. The van der Waals surface area contributed by atoms with Crippen molar-refractivity contribution in [1.82, 2.24) is 9.97 Å². The molecule has 26 heavy (non-hydrogen) atoms. The summed E-state index contributed by atoms with van der Waals surface area (Å²) in [6.07, 6.45) is 15.8. The summed E-state index contributed by atoms with van der Waals surface area (Å²) in [4.78, 5) is 20.2. The number of H-pyrrole nitrogens is 1. The molecule has 1 aromatic heterocycles. The van der Waals surface area contributed by atoms with E-state index in [9.17, 15) is 4.79 Å². The molecule has 142 valence electrons. The van der Waals surface area contributed by atoms with Crippen LogP contribution in [0.15, 0.2) is 0 Å².